The Morgan fingerprint density at radius 3 is 2.64 bits per heavy atom. The maximum atomic E-state index is 11.9. The predicted octanol–water partition coefficient (Wildman–Crippen LogP) is 3.34. The second-order valence-electron chi connectivity index (χ2n) is 5.89. The van der Waals surface area contributed by atoms with E-state index in [1.54, 1.807) is 6.07 Å². The number of benzene rings is 2. The predicted molar refractivity (Wildman–Crippen MR) is 87.3 cm³/mol. The Bertz CT molecular complexity index is 692. The molecule has 0 unspecified atom stereocenters. The normalized spacial score (nSPS) is 11.2. The van der Waals surface area contributed by atoms with Gasteiger partial charge in [0.2, 0.25) is 0 Å². The summed E-state index contributed by atoms with van der Waals surface area (Å²) in [6, 6.07) is 11.2. The number of hydrogen-bond acceptors (Lipinski definition) is 3. The molecule has 0 bridgehead atoms. The number of carbonyl (C=O) groups is 2. The third kappa shape index (κ3) is 3.64. The van der Waals surface area contributed by atoms with Crippen molar-refractivity contribution in [1.82, 2.24) is 5.32 Å². The topological polar surface area (TPSA) is 55.4 Å². The zero-order valence-electron chi connectivity index (χ0n) is 13.2. The van der Waals surface area contributed by atoms with E-state index < -0.39 is 0 Å². The number of carbonyl (C=O) groups excluding carboxylic acids is 2. The molecule has 0 fully saturated rings. The number of nitrogens with one attached hydrogen (secondary N) is 1. The van der Waals surface area contributed by atoms with E-state index in [1.807, 2.05) is 51.1 Å². The highest BCUT2D eigenvalue weighted by Crippen LogP contribution is 2.26. The van der Waals surface area contributed by atoms with E-state index in [1.165, 1.54) is 0 Å². The lowest BCUT2D eigenvalue weighted by atomic mass is 10.0. The summed E-state index contributed by atoms with van der Waals surface area (Å²) >= 11 is 0. The van der Waals surface area contributed by atoms with Crippen LogP contribution in [0.3, 0.4) is 0 Å². The Balaban J connectivity index is 2.15. The van der Waals surface area contributed by atoms with E-state index >= 15 is 0 Å². The molecule has 0 heterocycles. The van der Waals surface area contributed by atoms with Gasteiger partial charge in [0, 0.05) is 5.54 Å². The number of fused-ring (bicyclic) bond motifs is 1. The van der Waals surface area contributed by atoms with Gasteiger partial charge in [-0.2, -0.15) is 0 Å². The van der Waals surface area contributed by atoms with E-state index in [0.29, 0.717) is 11.3 Å². The molecule has 4 heteroatoms. The van der Waals surface area contributed by atoms with Gasteiger partial charge in [0.25, 0.3) is 5.91 Å². The van der Waals surface area contributed by atoms with Crippen molar-refractivity contribution in [2.75, 3.05) is 6.61 Å². The maximum absolute atomic E-state index is 11.9. The molecule has 0 saturated carbocycles. The van der Waals surface area contributed by atoms with E-state index in [2.05, 4.69) is 5.32 Å². The van der Waals surface area contributed by atoms with Gasteiger partial charge in [-0.15, -0.1) is 0 Å². The minimum Gasteiger partial charge on any atom is -0.483 e. The van der Waals surface area contributed by atoms with Gasteiger partial charge in [-0.1, -0.05) is 37.3 Å². The molecule has 0 aromatic heterocycles. The van der Waals surface area contributed by atoms with Crippen LogP contribution in [-0.2, 0) is 4.79 Å². The van der Waals surface area contributed by atoms with Gasteiger partial charge in [-0.25, -0.2) is 0 Å². The van der Waals surface area contributed by atoms with Crippen LogP contribution in [0.4, 0.5) is 0 Å². The molecule has 2 rings (SSSR count). The monoisotopic (exact) mass is 299 g/mol. The van der Waals surface area contributed by atoms with Crippen molar-refractivity contribution in [3.63, 3.8) is 0 Å². The molecule has 0 atom stereocenters. The largest absolute Gasteiger partial charge is 0.483 e. The standard InChI is InChI=1S/C18H21NO3/c1-4-18(2,3)19-17(21)12-22-16-10-9-13-7-5-6-8-14(13)15(16)11-20/h5-11H,4,12H2,1-3H3,(H,19,21). The quantitative estimate of drug-likeness (QED) is 0.832. The van der Waals surface area contributed by atoms with Crippen LogP contribution >= 0.6 is 0 Å². The van der Waals surface area contributed by atoms with Crippen molar-refractivity contribution in [3.05, 3.63) is 42.0 Å². The summed E-state index contributed by atoms with van der Waals surface area (Å²) in [6.45, 7) is 5.81. The molecule has 2 aromatic rings. The van der Waals surface area contributed by atoms with Crippen LogP contribution in [-0.4, -0.2) is 24.3 Å². The molecular weight excluding hydrogens is 278 g/mol. The van der Waals surface area contributed by atoms with Crippen LogP contribution in [0.25, 0.3) is 10.8 Å². The number of amides is 1. The van der Waals surface area contributed by atoms with Gasteiger partial charge in [0.05, 0.1) is 5.56 Å². The average molecular weight is 299 g/mol. The number of rotatable bonds is 6. The van der Waals surface area contributed by atoms with Crippen LogP contribution in [0.5, 0.6) is 5.75 Å². The molecule has 0 aliphatic carbocycles. The molecule has 0 saturated heterocycles. The molecule has 0 aliphatic rings. The lowest BCUT2D eigenvalue weighted by Crippen LogP contribution is -2.44. The van der Waals surface area contributed by atoms with Crippen LogP contribution in [0.2, 0.25) is 0 Å². The van der Waals surface area contributed by atoms with Gasteiger partial charge in [0.1, 0.15) is 5.75 Å². The van der Waals surface area contributed by atoms with Gasteiger partial charge < -0.3 is 10.1 Å². The first-order valence-electron chi connectivity index (χ1n) is 7.37. The highest BCUT2D eigenvalue weighted by Gasteiger charge is 2.18. The van der Waals surface area contributed by atoms with Crippen molar-refractivity contribution in [2.24, 2.45) is 0 Å². The summed E-state index contributed by atoms with van der Waals surface area (Å²) in [6.07, 6.45) is 1.60. The molecule has 0 spiro atoms. The Morgan fingerprint density at radius 1 is 1.23 bits per heavy atom. The summed E-state index contributed by atoms with van der Waals surface area (Å²) < 4.78 is 5.55. The zero-order chi connectivity index (χ0) is 16.2. The second-order valence-corrected chi connectivity index (χ2v) is 5.89. The molecule has 1 amide bonds. The van der Waals surface area contributed by atoms with Crippen LogP contribution in [0, 0.1) is 0 Å². The molecule has 1 N–H and O–H groups in total. The first-order valence-corrected chi connectivity index (χ1v) is 7.37. The summed E-state index contributed by atoms with van der Waals surface area (Å²) in [7, 11) is 0. The highest BCUT2D eigenvalue weighted by atomic mass is 16.5. The van der Waals surface area contributed by atoms with E-state index in [0.717, 1.165) is 23.5 Å². The first-order chi connectivity index (χ1) is 10.5. The van der Waals surface area contributed by atoms with E-state index in [4.69, 9.17) is 4.74 Å². The number of hydrogen-bond donors (Lipinski definition) is 1. The van der Waals surface area contributed by atoms with Crippen molar-refractivity contribution in [3.8, 4) is 5.75 Å². The molecule has 116 valence electrons. The van der Waals surface area contributed by atoms with E-state index in [-0.39, 0.29) is 18.1 Å². The first kappa shape index (κ1) is 16.0. The van der Waals surface area contributed by atoms with E-state index in [9.17, 15) is 9.59 Å². The Kier molecular flexibility index (Phi) is 4.81. The summed E-state index contributed by atoms with van der Waals surface area (Å²) in [5.74, 6) is 0.231. The summed E-state index contributed by atoms with van der Waals surface area (Å²) in [4.78, 5) is 23.3. The average Bonchev–Trinajstić information content (AvgIpc) is 2.51. The SMILES string of the molecule is CCC(C)(C)NC(=O)COc1ccc2ccccc2c1C=O. The van der Waals surface area contributed by atoms with Crippen molar-refractivity contribution >= 4 is 23.0 Å². The zero-order valence-corrected chi connectivity index (χ0v) is 13.2. The molecular formula is C18H21NO3. The van der Waals surface area contributed by atoms with Gasteiger partial charge in [-0.3, -0.25) is 9.59 Å². The number of aldehydes is 1. The fourth-order valence-electron chi connectivity index (χ4n) is 2.17. The number of ether oxygens (including phenoxy) is 1. The van der Waals surface area contributed by atoms with Crippen molar-refractivity contribution in [1.29, 1.82) is 0 Å². The Hall–Kier alpha value is -2.36. The van der Waals surface area contributed by atoms with Crippen molar-refractivity contribution < 1.29 is 14.3 Å². The Morgan fingerprint density at radius 2 is 1.95 bits per heavy atom. The van der Waals surface area contributed by atoms with Crippen molar-refractivity contribution in [2.45, 2.75) is 32.7 Å². The lowest BCUT2D eigenvalue weighted by Gasteiger charge is -2.24. The van der Waals surface area contributed by atoms with Crippen LogP contribution in [0.1, 0.15) is 37.6 Å². The van der Waals surface area contributed by atoms with Gasteiger partial charge >= 0.3 is 0 Å². The molecule has 2 aromatic carbocycles. The van der Waals surface area contributed by atoms with Crippen LogP contribution in [0.15, 0.2) is 36.4 Å². The third-order valence-electron chi connectivity index (χ3n) is 3.77. The lowest BCUT2D eigenvalue weighted by molar-refractivity contribution is -0.124. The van der Waals surface area contributed by atoms with Gasteiger partial charge in [-0.05, 0) is 37.1 Å². The minimum absolute atomic E-state index is 0.109. The van der Waals surface area contributed by atoms with Gasteiger partial charge in [0.15, 0.2) is 12.9 Å². The fraction of sp³-hybridized carbons (Fsp3) is 0.333. The second kappa shape index (κ2) is 6.60. The molecule has 0 aliphatic heterocycles. The molecule has 22 heavy (non-hydrogen) atoms. The highest BCUT2D eigenvalue weighted by molar-refractivity contribution is 6.00. The van der Waals surface area contributed by atoms with Crippen LogP contribution < -0.4 is 10.1 Å². The minimum atomic E-state index is -0.267. The summed E-state index contributed by atoms with van der Waals surface area (Å²) in [5.41, 5.74) is 0.206. The Labute approximate surface area is 130 Å². The fourth-order valence-corrected chi connectivity index (χ4v) is 2.17. The smallest absolute Gasteiger partial charge is 0.258 e. The molecule has 4 nitrogen and oxygen atoms in total. The summed E-state index contributed by atoms with van der Waals surface area (Å²) in [5, 5.41) is 4.69. The molecule has 0 radical (unpaired) electrons. The third-order valence-corrected chi connectivity index (χ3v) is 3.77. The maximum Gasteiger partial charge on any atom is 0.258 e.